The highest BCUT2D eigenvalue weighted by molar-refractivity contribution is 5.80. The molecular weight excluding hydrogens is 315 g/mol. The van der Waals surface area contributed by atoms with Crippen LogP contribution < -0.4 is 10.1 Å². The van der Waals surface area contributed by atoms with Crippen molar-refractivity contribution in [1.29, 1.82) is 0 Å². The fourth-order valence-electron chi connectivity index (χ4n) is 3.90. The van der Waals surface area contributed by atoms with Crippen molar-refractivity contribution < 1.29 is 23.8 Å². The first-order valence-electron chi connectivity index (χ1n) is 8.05. The molecule has 1 aliphatic heterocycles. The summed E-state index contributed by atoms with van der Waals surface area (Å²) < 4.78 is 18.5. The van der Waals surface area contributed by atoms with E-state index in [-0.39, 0.29) is 30.8 Å². The predicted molar refractivity (Wildman–Crippen MR) is 84.2 cm³/mol. The molecule has 6 nitrogen and oxygen atoms in total. The number of carboxylic acids is 1. The van der Waals surface area contributed by atoms with Gasteiger partial charge >= 0.3 is 12.0 Å². The third-order valence-electron chi connectivity index (χ3n) is 5.24. The largest absolute Gasteiger partial charge is 0.494 e. The Bertz CT molecular complexity index is 666. The van der Waals surface area contributed by atoms with Crippen LogP contribution in [0.15, 0.2) is 18.2 Å². The van der Waals surface area contributed by atoms with Gasteiger partial charge in [-0.3, -0.25) is 4.79 Å². The maximum absolute atomic E-state index is 13.7. The van der Waals surface area contributed by atoms with Crippen molar-refractivity contribution in [1.82, 2.24) is 10.2 Å². The number of ether oxygens (including phenoxy) is 1. The molecule has 1 aromatic carbocycles. The van der Waals surface area contributed by atoms with E-state index in [1.165, 1.54) is 19.2 Å². The van der Waals surface area contributed by atoms with Gasteiger partial charge in [0.15, 0.2) is 11.6 Å². The molecule has 2 aliphatic rings. The first-order valence-corrected chi connectivity index (χ1v) is 8.05. The molecule has 0 aromatic heterocycles. The van der Waals surface area contributed by atoms with E-state index in [2.05, 4.69) is 5.32 Å². The molecule has 1 aliphatic carbocycles. The number of likely N-dealkylation sites (tertiary alicyclic amines) is 1. The van der Waals surface area contributed by atoms with Gasteiger partial charge in [0.2, 0.25) is 0 Å². The van der Waals surface area contributed by atoms with Crippen LogP contribution in [0.3, 0.4) is 0 Å². The lowest BCUT2D eigenvalue weighted by molar-refractivity contribution is -0.149. The zero-order valence-electron chi connectivity index (χ0n) is 13.5. The second-order valence-corrected chi connectivity index (χ2v) is 6.56. The Balaban J connectivity index is 1.60. The minimum Gasteiger partial charge on any atom is -0.494 e. The normalized spacial score (nSPS) is 25.4. The summed E-state index contributed by atoms with van der Waals surface area (Å²) in [4.78, 5) is 25.5. The number of aliphatic carboxylic acids is 1. The maximum atomic E-state index is 13.7. The molecule has 7 heteroatoms. The molecule has 2 N–H and O–H groups in total. The van der Waals surface area contributed by atoms with Gasteiger partial charge in [0, 0.05) is 19.6 Å². The average Bonchev–Trinajstić information content (AvgIpc) is 3.11. The Morgan fingerprint density at radius 2 is 2.29 bits per heavy atom. The van der Waals surface area contributed by atoms with E-state index in [4.69, 9.17) is 4.74 Å². The van der Waals surface area contributed by atoms with E-state index in [9.17, 15) is 19.1 Å². The maximum Gasteiger partial charge on any atom is 0.317 e. The van der Waals surface area contributed by atoms with E-state index in [0.29, 0.717) is 18.5 Å². The van der Waals surface area contributed by atoms with Gasteiger partial charge in [0.25, 0.3) is 0 Å². The van der Waals surface area contributed by atoms with Crippen LogP contribution in [0.2, 0.25) is 0 Å². The fraction of sp³-hybridized carbons (Fsp3) is 0.529. The number of hydrogen-bond acceptors (Lipinski definition) is 3. The fourth-order valence-corrected chi connectivity index (χ4v) is 3.90. The van der Waals surface area contributed by atoms with Crippen molar-refractivity contribution in [2.45, 2.75) is 25.8 Å². The lowest BCUT2D eigenvalue weighted by Crippen LogP contribution is -2.41. The topological polar surface area (TPSA) is 78.9 Å². The predicted octanol–water partition coefficient (Wildman–Crippen LogP) is 2.23. The van der Waals surface area contributed by atoms with Crippen LogP contribution in [0.4, 0.5) is 9.18 Å². The highest BCUT2D eigenvalue weighted by Crippen LogP contribution is 2.48. The summed E-state index contributed by atoms with van der Waals surface area (Å²) in [5, 5.41) is 12.3. The van der Waals surface area contributed by atoms with Crippen molar-refractivity contribution in [3.05, 3.63) is 29.6 Å². The van der Waals surface area contributed by atoms with Crippen LogP contribution in [-0.4, -0.2) is 42.2 Å². The number of carboxylic acid groups (broad SMARTS) is 1. The molecule has 0 bridgehead atoms. The molecule has 130 valence electrons. The third-order valence-corrected chi connectivity index (χ3v) is 5.24. The Hall–Kier alpha value is -2.31. The molecule has 0 unspecified atom stereocenters. The molecule has 1 aromatic rings. The van der Waals surface area contributed by atoms with Crippen LogP contribution in [0.25, 0.3) is 0 Å². The number of carbonyl (C=O) groups is 2. The van der Waals surface area contributed by atoms with E-state index >= 15 is 0 Å². The molecule has 3 rings (SSSR count). The summed E-state index contributed by atoms with van der Waals surface area (Å²) in [6.45, 7) is 0.895. The van der Waals surface area contributed by atoms with Crippen LogP contribution in [-0.2, 0) is 11.3 Å². The number of nitrogens with zero attached hydrogens (tertiary/aromatic N) is 1. The summed E-state index contributed by atoms with van der Waals surface area (Å²) >= 11 is 0. The van der Waals surface area contributed by atoms with E-state index in [1.807, 2.05) is 0 Å². The SMILES string of the molecule is COc1ccc(CNC(=O)N2C[C@@H]3CCC[C@@]3(C(=O)O)C2)cc1F. The molecule has 0 spiro atoms. The van der Waals surface area contributed by atoms with Crippen LogP contribution in [0.1, 0.15) is 24.8 Å². The number of urea groups is 1. The molecular formula is C17H21FN2O4. The quantitative estimate of drug-likeness (QED) is 0.884. The van der Waals surface area contributed by atoms with Gasteiger partial charge in [-0.1, -0.05) is 12.5 Å². The summed E-state index contributed by atoms with van der Waals surface area (Å²) in [5.41, 5.74) is -0.169. The average molecular weight is 336 g/mol. The van der Waals surface area contributed by atoms with Gasteiger partial charge < -0.3 is 20.1 Å². The zero-order chi connectivity index (χ0) is 17.3. The number of carbonyl (C=O) groups excluding carboxylic acids is 1. The molecule has 0 radical (unpaired) electrons. The first-order chi connectivity index (χ1) is 11.5. The highest BCUT2D eigenvalue weighted by Gasteiger charge is 2.55. The van der Waals surface area contributed by atoms with Gasteiger partial charge in [0.1, 0.15) is 0 Å². The number of hydrogen-bond donors (Lipinski definition) is 2. The Labute approximate surface area is 139 Å². The Kier molecular flexibility index (Phi) is 4.34. The molecule has 2 atom stereocenters. The van der Waals surface area contributed by atoms with E-state index < -0.39 is 17.2 Å². The standard InChI is InChI=1S/C17H21FN2O4/c1-24-14-5-4-11(7-13(14)18)8-19-16(23)20-9-12-3-2-6-17(12,10-20)15(21)22/h4-5,7,12H,2-3,6,8-10H2,1H3,(H,19,23)(H,21,22)/t12-,17+/m0/s1. The van der Waals surface area contributed by atoms with Crippen LogP contribution in [0.5, 0.6) is 5.75 Å². The lowest BCUT2D eigenvalue weighted by Gasteiger charge is -2.23. The van der Waals surface area contributed by atoms with E-state index in [0.717, 1.165) is 12.8 Å². The number of amides is 2. The van der Waals surface area contributed by atoms with Gasteiger partial charge in [-0.05, 0) is 36.5 Å². The van der Waals surface area contributed by atoms with Crippen molar-refractivity contribution in [3.63, 3.8) is 0 Å². The van der Waals surface area contributed by atoms with Crippen LogP contribution >= 0.6 is 0 Å². The molecule has 1 saturated carbocycles. The van der Waals surface area contributed by atoms with Crippen molar-refractivity contribution >= 4 is 12.0 Å². The minimum absolute atomic E-state index is 0.0270. The van der Waals surface area contributed by atoms with E-state index in [1.54, 1.807) is 11.0 Å². The highest BCUT2D eigenvalue weighted by atomic mass is 19.1. The second-order valence-electron chi connectivity index (χ2n) is 6.56. The number of benzene rings is 1. The number of halogens is 1. The summed E-state index contributed by atoms with van der Waals surface area (Å²) in [6, 6.07) is 4.20. The molecule has 2 amide bonds. The number of rotatable bonds is 4. The number of nitrogens with one attached hydrogen (secondary N) is 1. The minimum atomic E-state index is -0.808. The van der Waals surface area contributed by atoms with Crippen molar-refractivity contribution in [2.75, 3.05) is 20.2 Å². The molecule has 2 fully saturated rings. The third kappa shape index (κ3) is 2.79. The summed E-state index contributed by atoms with van der Waals surface area (Å²) in [5.74, 6) is -1.11. The molecule has 24 heavy (non-hydrogen) atoms. The second kappa shape index (κ2) is 6.30. The van der Waals surface area contributed by atoms with Crippen molar-refractivity contribution in [3.8, 4) is 5.75 Å². The van der Waals surface area contributed by atoms with Crippen molar-refractivity contribution in [2.24, 2.45) is 11.3 Å². The molecule has 1 heterocycles. The smallest absolute Gasteiger partial charge is 0.317 e. The van der Waals surface area contributed by atoms with Gasteiger partial charge in [-0.25, -0.2) is 9.18 Å². The lowest BCUT2D eigenvalue weighted by atomic mass is 9.81. The number of fused-ring (bicyclic) bond motifs is 1. The monoisotopic (exact) mass is 336 g/mol. The summed E-state index contributed by atoms with van der Waals surface area (Å²) in [6.07, 6.45) is 2.37. The van der Waals surface area contributed by atoms with Gasteiger partial charge in [0.05, 0.1) is 12.5 Å². The first kappa shape index (κ1) is 16.5. The Morgan fingerprint density at radius 1 is 1.50 bits per heavy atom. The van der Waals surface area contributed by atoms with Gasteiger partial charge in [-0.2, -0.15) is 0 Å². The molecule has 1 saturated heterocycles. The Morgan fingerprint density at radius 3 is 2.92 bits per heavy atom. The van der Waals surface area contributed by atoms with Gasteiger partial charge in [-0.15, -0.1) is 0 Å². The van der Waals surface area contributed by atoms with Crippen LogP contribution in [0, 0.1) is 17.2 Å². The summed E-state index contributed by atoms with van der Waals surface area (Å²) in [7, 11) is 1.39. The number of methoxy groups -OCH3 is 1. The zero-order valence-corrected chi connectivity index (χ0v) is 13.5.